The number of anilines is 1. The van der Waals surface area contributed by atoms with E-state index in [0.29, 0.717) is 12.4 Å². The summed E-state index contributed by atoms with van der Waals surface area (Å²) in [5.41, 5.74) is -0.461. The molecule has 6 nitrogen and oxygen atoms in total. The van der Waals surface area contributed by atoms with Gasteiger partial charge in [-0.1, -0.05) is 0 Å². The van der Waals surface area contributed by atoms with E-state index in [1.807, 2.05) is 0 Å². The number of carbonyl (C=O) groups is 1. The lowest BCUT2D eigenvalue weighted by molar-refractivity contribution is -0.130. The number of hydrogen-bond donors (Lipinski definition) is 2. The number of amides is 1. The SMILES string of the molecule is COCC1(C(=O)Nc2cccnn2)CCNCC1. The molecule has 0 saturated carbocycles. The van der Waals surface area contributed by atoms with Crippen molar-refractivity contribution in [2.45, 2.75) is 12.8 Å². The lowest BCUT2D eigenvalue weighted by Gasteiger charge is -2.35. The topological polar surface area (TPSA) is 76.1 Å². The zero-order valence-corrected chi connectivity index (χ0v) is 10.5. The molecule has 18 heavy (non-hydrogen) atoms. The molecule has 6 heteroatoms. The molecule has 2 N–H and O–H groups in total. The van der Waals surface area contributed by atoms with Crippen LogP contribution in [0.1, 0.15) is 12.8 Å². The summed E-state index contributed by atoms with van der Waals surface area (Å²) in [4.78, 5) is 12.4. The number of nitrogens with one attached hydrogen (secondary N) is 2. The summed E-state index contributed by atoms with van der Waals surface area (Å²) in [6.07, 6.45) is 3.12. The van der Waals surface area contributed by atoms with Crippen LogP contribution in [-0.2, 0) is 9.53 Å². The monoisotopic (exact) mass is 250 g/mol. The van der Waals surface area contributed by atoms with Gasteiger partial charge in [0.15, 0.2) is 5.82 Å². The van der Waals surface area contributed by atoms with Crippen LogP contribution in [0.4, 0.5) is 5.82 Å². The third-order valence-corrected chi connectivity index (χ3v) is 3.28. The van der Waals surface area contributed by atoms with Crippen LogP contribution in [0.2, 0.25) is 0 Å². The Labute approximate surface area is 106 Å². The zero-order valence-electron chi connectivity index (χ0n) is 10.5. The van der Waals surface area contributed by atoms with Crippen molar-refractivity contribution in [1.29, 1.82) is 0 Å². The van der Waals surface area contributed by atoms with Gasteiger partial charge in [-0.2, -0.15) is 5.10 Å². The number of ether oxygens (including phenoxy) is 1. The third kappa shape index (κ3) is 2.83. The Morgan fingerprint density at radius 3 is 2.94 bits per heavy atom. The van der Waals surface area contributed by atoms with Gasteiger partial charge in [0.2, 0.25) is 5.91 Å². The fourth-order valence-electron chi connectivity index (χ4n) is 2.24. The minimum atomic E-state index is -0.461. The Balaban J connectivity index is 2.08. The molecule has 1 aromatic rings. The predicted molar refractivity (Wildman–Crippen MR) is 67.1 cm³/mol. The lowest BCUT2D eigenvalue weighted by Crippen LogP contribution is -2.47. The number of methoxy groups -OCH3 is 1. The van der Waals surface area contributed by atoms with Crippen LogP contribution in [0.25, 0.3) is 0 Å². The highest BCUT2D eigenvalue weighted by Crippen LogP contribution is 2.30. The first-order valence-electron chi connectivity index (χ1n) is 6.06. The average Bonchev–Trinajstić information content (AvgIpc) is 2.41. The smallest absolute Gasteiger partial charge is 0.234 e. The summed E-state index contributed by atoms with van der Waals surface area (Å²) in [6.45, 7) is 2.09. The normalized spacial score (nSPS) is 18.3. The van der Waals surface area contributed by atoms with Crippen molar-refractivity contribution in [1.82, 2.24) is 15.5 Å². The maximum absolute atomic E-state index is 12.4. The maximum Gasteiger partial charge on any atom is 0.234 e. The molecule has 2 rings (SSSR count). The maximum atomic E-state index is 12.4. The zero-order chi connectivity index (χ0) is 12.8. The first-order valence-corrected chi connectivity index (χ1v) is 6.06. The van der Waals surface area contributed by atoms with Crippen LogP contribution in [0.15, 0.2) is 18.3 Å². The number of hydrogen-bond acceptors (Lipinski definition) is 5. The molecule has 1 aliphatic rings. The van der Waals surface area contributed by atoms with E-state index in [2.05, 4.69) is 20.8 Å². The summed E-state index contributed by atoms with van der Waals surface area (Å²) in [5.74, 6) is 0.447. The first-order chi connectivity index (χ1) is 8.77. The molecule has 98 valence electrons. The van der Waals surface area contributed by atoms with Gasteiger partial charge in [0, 0.05) is 13.3 Å². The number of carbonyl (C=O) groups excluding carboxylic acids is 1. The van der Waals surface area contributed by atoms with E-state index < -0.39 is 5.41 Å². The van der Waals surface area contributed by atoms with Gasteiger partial charge in [-0.3, -0.25) is 4.79 Å². The van der Waals surface area contributed by atoms with Crippen molar-refractivity contribution in [3.8, 4) is 0 Å². The minimum absolute atomic E-state index is 0.0358. The fourth-order valence-corrected chi connectivity index (χ4v) is 2.24. The predicted octanol–water partition coefficient (Wildman–Crippen LogP) is 0.431. The van der Waals surface area contributed by atoms with E-state index in [0.717, 1.165) is 25.9 Å². The van der Waals surface area contributed by atoms with Crippen LogP contribution in [-0.4, -0.2) is 42.9 Å². The van der Waals surface area contributed by atoms with Gasteiger partial charge in [-0.05, 0) is 38.1 Å². The molecule has 1 saturated heterocycles. The molecule has 2 heterocycles. The second-order valence-electron chi connectivity index (χ2n) is 4.53. The highest BCUT2D eigenvalue weighted by Gasteiger charge is 2.39. The molecule has 1 aliphatic heterocycles. The molecule has 1 aromatic heterocycles. The summed E-state index contributed by atoms with van der Waals surface area (Å²) in [5, 5.41) is 13.7. The lowest BCUT2D eigenvalue weighted by atomic mass is 9.78. The second kappa shape index (κ2) is 5.88. The van der Waals surface area contributed by atoms with E-state index in [1.54, 1.807) is 25.4 Å². The second-order valence-corrected chi connectivity index (χ2v) is 4.53. The van der Waals surface area contributed by atoms with Crippen molar-refractivity contribution in [3.05, 3.63) is 18.3 Å². The van der Waals surface area contributed by atoms with Gasteiger partial charge in [0.05, 0.1) is 12.0 Å². The quantitative estimate of drug-likeness (QED) is 0.810. The molecule has 0 aromatic carbocycles. The van der Waals surface area contributed by atoms with E-state index >= 15 is 0 Å². The van der Waals surface area contributed by atoms with Gasteiger partial charge in [0.25, 0.3) is 0 Å². The van der Waals surface area contributed by atoms with Crippen molar-refractivity contribution in [3.63, 3.8) is 0 Å². The molecule has 1 fully saturated rings. The summed E-state index contributed by atoms with van der Waals surface area (Å²) in [7, 11) is 1.62. The van der Waals surface area contributed by atoms with Gasteiger partial charge < -0.3 is 15.4 Å². The Bertz CT molecular complexity index is 385. The number of rotatable bonds is 4. The van der Waals surface area contributed by atoms with Crippen LogP contribution < -0.4 is 10.6 Å². The molecule has 1 amide bonds. The highest BCUT2D eigenvalue weighted by molar-refractivity contribution is 5.94. The van der Waals surface area contributed by atoms with Gasteiger partial charge in [0.1, 0.15) is 0 Å². The molecular formula is C12H18N4O2. The van der Waals surface area contributed by atoms with Crippen molar-refractivity contribution >= 4 is 11.7 Å². The Morgan fingerprint density at radius 1 is 1.56 bits per heavy atom. The Morgan fingerprint density at radius 2 is 2.33 bits per heavy atom. The van der Waals surface area contributed by atoms with E-state index in [-0.39, 0.29) is 5.91 Å². The Kier molecular flexibility index (Phi) is 4.22. The van der Waals surface area contributed by atoms with Crippen LogP contribution in [0.3, 0.4) is 0 Å². The van der Waals surface area contributed by atoms with Crippen LogP contribution >= 0.6 is 0 Å². The van der Waals surface area contributed by atoms with Crippen molar-refractivity contribution in [2.24, 2.45) is 5.41 Å². The van der Waals surface area contributed by atoms with Crippen molar-refractivity contribution in [2.75, 3.05) is 32.1 Å². The fraction of sp³-hybridized carbons (Fsp3) is 0.583. The molecule has 0 bridgehead atoms. The molecule has 0 radical (unpaired) electrons. The van der Waals surface area contributed by atoms with Crippen LogP contribution in [0, 0.1) is 5.41 Å². The molecule has 0 unspecified atom stereocenters. The van der Waals surface area contributed by atoms with E-state index in [4.69, 9.17) is 4.74 Å². The molecular weight excluding hydrogens is 232 g/mol. The first kappa shape index (κ1) is 12.9. The highest BCUT2D eigenvalue weighted by atomic mass is 16.5. The van der Waals surface area contributed by atoms with Crippen LogP contribution in [0.5, 0.6) is 0 Å². The minimum Gasteiger partial charge on any atom is -0.384 e. The van der Waals surface area contributed by atoms with E-state index in [1.165, 1.54) is 0 Å². The van der Waals surface area contributed by atoms with Gasteiger partial charge >= 0.3 is 0 Å². The van der Waals surface area contributed by atoms with Gasteiger partial charge in [-0.15, -0.1) is 5.10 Å². The third-order valence-electron chi connectivity index (χ3n) is 3.28. The number of aromatic nitrogens is 2. The molecule has 0 atom stereocenters. The molecule has 0 aliphatic carbocycles. The number of piperidine rings is 1. The number of nitrogens with zero attached hydrogens (tertiary/aromatic N) is 2. The summed E-state index contributed by atoms with van der Waals surface area (Å²) in [6, 6.07) is 3.47. The largest absolute Gasteiger partial charge is 0.384 e. The Hall–Kier alpha value is -1.53. The summed E-state index contributed by atoms with van der Waals surface area (Å²) >= 11 is 0. The van der Waals surface area contributed by atoms with Crippen molar-refractivity contribution < 1.29 is 9.53 Å². The van der Waals surface area contributed by atoms with E-state index in [9.17, 15) is 4.79 Å². The molecule has 0 spiro atoms. The average molecular weight is 250 g/mol. The standard InChI is InChI=1S/C12H18N4O2/c1-18-9-12(4-7-13-8-5-12)11(17)15-10-3-2-6-14-16-10/h2-3,6,13H,4-5,7-9H2,1H3,(H,15,16,17). The van der Waals surface area contributed by atoms with Gasteiger partial charge in [-0.25, -0.2) is 0 Å². The summed E-state index contributed by atoms with van der Waals surface area (Å²) < 4.78 is 5.22.